The molecule has 1 N–H and O–H groups in total. The number of benzene rings is 1. The zero-order chi connectivity index (χ0) is 18.1. The number of aryl methyl sites for hydroxylation is 1. The number of ether oxygens (including phenoxy) is 2. The summed E-state index contributed by atoms with van der Waals surface area (Å²) in [7, 11) is 0. The number of rotatable bonds is 9. The number of carbonyl (C=O) groups is 1. The van der Waals surface area contributed by atoms with Crippen molar-refractivity contribution >= 4 is 5.91 Å². The van der Waals surface area contributed by atoms with E-state index in [1.165, 1.54) is 0 Å². The average Bonchev–Trinajstić information content (AvgIpc) is 2.62. The molecule has 1 saturated heterocycles. The molecule has 1 aromatic rings. The average molecular weight is 348 g/mol. The molecule has 2 rings (SSSR count). The van der Waals surface area contributed by atoms with Crippen molar-refractivity contribution in [3.05, 3.63) is 29.8 Å². The maximum absolute atomic E-state index is 12.3. The van der Waals surface area contributed by atoms with E-state index in [2.05, 4.69) is 24.1 Å². The summed E-state index contributed by atoms with van der Waals surface area (Å²) >= 11 is 0. The first-order valence-corrected chi connectivity index (χ1v) is 9.41. The fourth-order valence-corrected chi connectivity index (χ4v) is 3.26. The number of hydrogen-bond acceptors (Lipinski definition) is 4. The highest BCUT2D eigenvalue weighted by Gasteiger charge is 2.24. The zero-order valence-electron chi connectivity index (χ0n) is 15.8. The quantitative estimate of drug-likeness (QED) is 0.745. The Morgan fingerprint density at radius 2 is 2.00 bits per heavy atom. The molecule has 1 heterocycles. The summed E-state index contributed by atoms with van der Waals surface area (Å²) in [5.74, 6) is 1.48. The number of morpholine rings is 1. The number of carbonyl (C=O) groups excluding carboxylic acids is 1. The highest BCUT2D eigenvalue weighted by Crippen LogP contribution is 2.19. The number of hydrogen-bond donors (Lipinski definition) is 1. The van der Waals surface area contributed by atoms with Gasteiger partial charge in [-0.05, 0) is 30.9 Å². The Morgan fingerprint density at radius 1 is 1.28 bits per heavy atom. The molecule has 5 nitrogen and oxygen atoms in total. The Balaban J connectivity index is 1.81. The minimum atomic E-state index is 0.102. The molecule has 0 bridgehead atoms. The van der Waals surface area contributed by atoms with Gasteiger partial charge in [0, 0.05) is 32.1 Å². The number of nitrogens with zero attached hydrogens (tertiary/aromatic N) is 1. The third kappa shape index (κ3) is 6.33. The van der Waals surface area contributed by atoms with Crippen molar-refractivity contribution in [2.45, 2.75) is 39.7 Å². The van der Waals surface area contributed by atoms with Crippen LogP contribution in [0.3, 0.4) is 0 Å². The van der Waals surface area contributed by atoms with Gasteiger partial charge < -0.3 is 14.8 Å². The number of nitrogens with one attached hydrogen (secondary N) is 1. The fraction of sp³-hybridized carbons (Fsp3) is 0.650. The van der Waals surface area contributed by atoms with Gasteiger partial charge in [0.05, 0.1) is 19.8 Å². The first-order chi connectivity index (χ1) is 12.1. The molecule has 0 radical (unpaired) electrons. The molecule has 140 valence electrons. The Morgan fingerprint density at radius 3 is 2.68 bits per heavy atom. The molecule has 1 fully saturated rings. The van der Waals surface area contributed by atoms with Crippen LogP contribution in [-0.2, 0) is 16.0 Å². The van der Waals surface area contributed by atoms with Crippen LogP contribution in [0.1, 0.15) is 32.8 Å². The summed E-state index contributed by atoms with van der Waals surface area (Å²) in [6, 6.07) is 8.31. The van der Waals surface area contributed by atoms with Gasteiger partial charge in [0.1, 0.15) is 5.75 Å². The second-order valence-electron chi connectivity index (χ2n) is 6.80. The topological polar surface area (TPSA) is 50.8 Å². The van der Waals surface area contributed by atoms with Crippen LogP contribution < -0.4 is 10.1 Å². The molecule has 1 unspecified atom stereocenters. The van der Waals surface area contributed by atoms with Crippen molar-refractivity contribution in [2.75, 3.05) is 39.5 Å². The maximum Gasteiger partial charge on any atom is 0.220 e. The van der Waals surface area contributed by atoms with Gasteiger partial charge in [-0.2, -0.15) is 0 Å². The lowest BCUT2D eigenvalue weighted by Crippen LogP contribution is -2.51. The molecular formula is C20H32N2O3. The van der Waals surface area contributed by atoms with Crippen LogP contribution in [0, 0.1) is 5.92 Å². The maximum atomic E-state index is 12.3. The first kappa shape index (κ1) is 19.7. The van der Waals surface area contributed by atoms with Gasteiger partial charge in [-0.25, -0.2) is 0 Å². The van der Waals surface area contributed by atoms with Crippen LogP contribution in [0.25, 0.3) is 0 Å². The standard InChI is InChI=1S/C20H32N2O3/c1-4-25-19-8-6-5-7-17(19)9-10-20(23)21-15-18(16(2)3)22-11-13-24-14-12-22/h5-8,16,18H,4,9-15H2,1-3H3,(H,21,23). The molecule has 0 aromatic heterocycles. The van der Waals surface area contributed by atoms with Gasteiger partial charge in [-0.3, -0.25) is 9.69 Å². The van der Waals surface area contributed by atoms with E-state index in [4.69, 9.17) is 9.47 Å². The Bertz CT molecular complexity index is 527. The summed E-state index contributed by atoms with van der Waals surface area (Å²) < 4.78 is 11.1. The van der Waals surface area contributed by atoms with E-state index >= 15 is 0 Å². The number of para-hydroxylation sites is 1. The Hall–Kier alpha value is -1.59. The highest BCUT2D eigenvalue weighted by atomic mass is 16.5. The smallest absolute Gasteiger partial charge is 0.220 e. The third-order valence-electron chi connectivity index (χ3n) is 4.69. The third-order valence-corrected chi connectivity index (χ3v) is 4.69. The van der Waals surface area contributed by atoms with Gasteiger partial charge in [0.25, 0.3) is 0 Å². The van der Waals surface area contributed by atoms with E-state index in [9.17, 15) is 4.79 Å². The molecule has 5 heteroatoms. The van der Waals surface area contributed by atoms with Crippen LogP contribution >= 0.6 is 0 Å². The first-order valence-electron chi connectivity index (χ1n) is 9.41. The predicted molar refractivity (Wildman–Crippen MR) is 100.0 cm³/mol. The number of amides is 1. The molecule has 1 aliphatic heterocycles. The van der Waals surface area contributed by atoms with E-state index in [1.807, 2.05) is 31.2 Å². The minimum Gasteiger partial charge on any atom is -0.494 e. The van der Waals surface area contributed by atoms with Crippen molar-refractivity contribution in [1.82, 2.24) is 10.2 Å². The van der Waals surface area contributed by atoms with Gasteiger partial charge >= 0.3 is 0 Å². The van der Waals surface area contributed by atoms with Crippen molar-refractivity contribution in [3.63, 3.8) is 0 Å². The van der Waals surface area contributed by atoms with E-state index < -0.39 is 0 Å². The van der Waals surface area contributed by atoms with E-state index in [1.54, 1.807) is 0 Å². The highest BCUT2D eigenvalue weighted by molar-refractivity contribution is 5.76. The summed E-state index contributed by atoms with van der Waals surface area (Å²) in [5.41, 5.74) is 1.09. The second kappa shape index (κ2) is 10.4. The van der Waals surface area contributed by atoms with E-state index in [0.717, 1.165) is 37.6 Å². The SMILES string of the molecule is CCOc1ccccc1CCC(=O)NCC(C(C)C)N1CCOCC1. The molecule has 1 aliphatic rings. The second-order valence-corrected chi connectivity index (χ2v) is 6.80. The summed E-state index contributed by atoms with van der Waals surface area (Å²) in [5, 5.41) is 3.12. The lowest BCUT2D eigenvalue weighted by atomic mass is 10.0. The molecule has 0 aliphatic carbocycles. The lowest BCUT2D eigenvalue weighted by molar-refractivity contribution is -0.121. The molecule has 25 heavy (non-hydrogen) atoms. The van der Waals surface area contributed by atoms with Gasteiger partial charge in [-0.1, -0.05) is 32.0 Å². The van der Waals surface area contributed by atoms with Crippen molar-refractivity contribution in [1.29, 1.82) is 0 Å². The summed E-state index contributed by atoms with van der Waals surface area (Å²) in [6.07, 6.45) is 1.18. The van der Waals surface area contributed by atoms with Crippen molar-refractivity contribution in [2.24, 2.45) is 5.92 Å². The molecule has 1 atom stereocenters. The Kier molecular flexibility index (Phi) is 8.22. The normalized spacial score (nSPS) is 16.6. The van der Waals surface area contributed by atoms with E-state index in [0.29, 0.717) is 38.0 Å². The van der Waals surface area contributed by atoms with Crippen LogP contribution in [-0.4, -0.2) is 56.3 Å². The molecular weight excluding hydrogens is 316 g/mol. The van der Waals surface area contributed by atoms with Crippen molar-refractivity contribution < 1.29 is 14.3 Å². The Labute approximate surface area is 151 Å². The van der Waals surface area contributed by atoms with Crippen LogP contribution in [0.5, 0.6) is 5.75 Å². The molecule has 0 spiro atoms. The van der Waals surface area contributed by atoms with Crippen LogP contribution in [0.4, 0.5) is 0 Å². The minimum absolute atomic E-state index is 0.102. The predicted octanol–water partition coefficient (Wildman–Crippen LogP) is 2.49. The van der Waals surface area contributed by atoms with Gasteiger partial charge in [-0.15, -0.1) is 0 Å². The fourth-order valence-electron chi connectivity index (χ4n) is 3.26. The summed E-state index contributed by atoms with van der Waals surface area (Å²) in [4.78, 5) is 14.7. The van der Waals surface area contributed by atoms with E-state index in [-0.39, 0.29) is 5.91 Å². The van der Waals surface area contributed by atoms with Crippen molar-refractivity contribution in [3.8, 4) is 5.75 Å². The van der Waals surface area contributed by atoms with Gasteiger partial charge in [0.15, 0.2) is 0 Å². The van der Waals surface area contributed by atoms with Crippen LogP contribution in [0.15, 0.2) is 24.3 Å². The molecule has 1 amide bonds. The lowest BCUT2D eigenvalue weighted by Gasteiger charge is -2.36. The monoisotopic (exact) mass is 348 g/mol. The largest absolute Gasteiger partial charge is 0.494 e. The molecule has 1 aromatic carbocycles. The molecule has 0 saturated carbocycles. The summed E-state index contributed by atoms with van der Waals surface area (Å²) in [6.45, 7) is 11.2. The zero-order valence-corrected chi connectivity index (χ0v) is 15.8. The van der Waals surface area contributed by atoms with Crippen LogP contribution in [0.2, 0.25) is 0 Å². The van der Waals surface area contributed by atoms with Gasteiger partial charge in [0.2, 0.25) is 5.91 Å².